The van der Waals surface area contributed by atoms with Crippen LogP contribution >= 0.6 is 24.2 Å². The lowest BCUT2D eigenvalue weighted by Gasteiger charge is -2.32. The minimum Gasteiger partial charge on any atom is -0.297 e. The number of benzene rings is 1. The monoisotopic (exact) mass is 299 g/mol. The summed E-state index contributed by atoms with van der Waals surface area (Å²) in [5.74, 6) is 0. The molecule has 4 heteroatoms. The van der Waals surface area contributed by atoms with Crippen LogP contribution in [0.3, 0.4) is 0 Å². The lowest BCUT2D eigenvalue weighted by Crippen LogP contribution is -2.39. The van der Waals surface area contributed by atoms with Gasteiger partial charge in [-0.05, 0) is 33.3 Å². The Morgan fingerprint density at radius 1 is 1.16 bits per heavy atom. The van der Waals surface area contributed by atoms with E-state index in [1.54, 1.807) is 0 Å². The summed E-state index contributed by atoms with van der Waals surface area (Å²) in [5, 5.41) is 0.515. The van der Waals surface area contributed by atoms with Crippen LogP contribution in [-0.4, -0.2) is 28.6 Å². The molecule has 0 N–H and O–H groups in total. The van der Waals surface area contributed by atoms with Gasteiger partial charge in [0.15, 0.2) is 0 Å². The van der Waals surface area contributed by atoms with Gasteiger partial charge in [-0.15, -0.1) is 12.4 Å². The van der Waals surface area contributed by atoms with Crippen molar-refractivity contribution in [2.24, 2.45) is 0 Å². The molecule has 106 valence electrons. The van der Waals surface area contributed by atoms with E-state index in [-0.39, 0.29) is 17.5 Å². The second-order valence-corrected chi connectivity index (χ2v) is 6.54. The average Bonchev–Trinajstić information content (AvgIpc) is 2.63. The largest absolute Gasteiger partial charge is 0.297 e. The number of nitrogens with zero attached hydrogens (tertiary/aromatic N) is 1. The van der Waals surface area contributed by atoms with Crippen LogP contribution < -0.4 is 0 Å². The van der Waals surface area contributed by atoms with E-state index < -0.39 is 0 Å². The van der Waals surface area contributed by atoms with Gasteiger partial charge in [0.1, 0.15) is 0 Å². The van der Waals surface area contributed by atoms with Crippen molar-refractivity contribution in [3.8, 4) is 0 Å². The number of halogens is 1. The van der Waals surface area contributed by atoms with Crippen LogP contribution in [-0.2, 0) is 0 Å². The molecule has 0 aromatic heterocycles. The Morgan fingerprint density at radius 2 is 1.74 bits per heavy atom. The number of fused-ring (bicyclic) bond motifs is 1. The quantitative estimate of drug-likeness (QED) is 0.833. The standard InChI is InChI=1S/C15H21NOS.ClH/c1-10(2)16(11(3)4)9-14-12-7-5-6-8-13(12)15(17)18-14;/h5-8,10-11,14H,9H2,1-4H3;1H. The Hall–Kier alpha value is -0.510. The molecule has 1 unspecified atom stereocenters. The zero-order chi connectivity index (χ0) is 13.3. The van der Waals surface area contributed by atoms with Crippen LogP contribution in [0.4, 0.5) is 0 Å². The molecular formula is C15H22ClNOS. The predicted octanol–water partition coefficient (Wildman–Crippen LogP) is 4.16. The van der Waals surface area contributed by atoms with Crippen LogP contribution in [0.5, 0.6) is 0 Å². The average molecular weight is 300 g/mol. The Morgan fingerprint density at radius 3 is 2.32 bits per heavy atom. The van der Waals surface area contributed by atoms with Gasteiger partial charge in [0.25, 0.3) is 0 Å². The molecule has 0 saturated carbocycles. The highest BCUT2D eigenvalue weighted by molar-refractivity contribution is 8.14. The first-order valence-corrected chi connectivity index (χ1v) is 7.44. The fraction of sp³-hybridized carbons (Fsp3) is 0.533. The molecule has 0 amide bonds. The van der Waals surface area contributed by atoms with Crippen molar-refractivity contribution in [1.29, 1.82) is 0 Å². The van der Waals surface area contributed by atoms with Crippen LogP contribution in [0.15, 0.2) is 24.3 Å². The van der Waals surface area contributed by atoms with Gasteiger partial charge in [-0.1, -0.05) is 36.0 Å². The summed E-state index contributed by atoms with van der Waals surface area (Å²) >= 11 is 1.48. The van der Waals surface area contributed by atoms with E-state index in [0.29, 0.717) is 17.3 Å². The first-order chi connectivity index (χ1) is 8.50. The summed E-state index contributed by atoms with van der Waals surface area (Å²) in [6.07, 6.45) is 0. The number of carbonyl (C=O) groups excluding carboxylic acids is 1. The van der Waals surface area contributed by atoms with E-state index in [1.807, 2.05) is 18.2 Å². The van der Waals surface area contributed by atoms with Crippen molar-refractivity contribution >= 4 is 29.3 Å². The number of hydrogen-bond donors (Lipinski definition) is 0. The summed E-state index contributed by atoms with van der Waals surface area (Å²) in [5.41, 5.74) is 2.11. The Labute approximate surface area is 126 Å². The van der Waals surface area contributed by atoms with Gasteiger partial charge in [0, 0.05) is 24.2 Å². The van der Waals surface area contributed by atoms with E-state index in [2.05, 4.69) is 38.7 Å². The summed E-state index contributed by atoms with van der Waals surface area (Å²) in [4.78, 5) is 14.4. The van der Waals surface area contributed by atoms with Gasteiger partial charge >= 0.3 is 0 Å². The molecule has 1 aliphatic heterocycles. The fourth-order valence-corrected chi connectivity index (χ4v) is 3.72. The molecule has 19 heavy (non-hydrogen) atoms. The maximum atomic E-state index is 11.9. The minimum absolute atomic E-state index is 0. The van der Waals surface area contributed by atoms with Crippen LogP contribution in [0.2, 0.25) is 0 Å². The van der Waals surface area contributed by atoms with Gasteiger partial charge in [-0.3, -0.25) is 9.69 Å². The third-order valence-corrected chi connectivity index (χ3v) is 4.60. The molecule has 1 aliphatic rings. The summed E-state index contributed by atoms with van der Waals surface area (Å²) in [6, 6.07) is 9.03. The number of thioether (sulfide) groups is 1. The minimum atomic E-state index is 0. The molecule has 0 radical (unpaired) electrons. The number of rotatable bonds is 4. The van der Waals surface area contributed by atoms with Crippen molar-refractivity contribution in [3.05, 3.63) is 35.4 Å². The lowest BCUT2D eigenvalue weighted by molar-refractivity contribution is 0.109. The smallest absolute Gasteiger partial charge is 0.220 e. The van der Waals surface area contributed by atoms with E-state index in [9.17, 15) is 4.79 Å². The van der Waals surface area contributed by atoms with Crippen LogP contribution in [0, 0.1) is 0 Å². The van der Waals surface area contributed by atoms with E-state index in [4.69, 9.17) is 0 Å². The molecule has 0 spiro atoms. The highest BCUT2D eigenvalue weighted by Gasteiger charge is 2.32. The van der Waals surface area contributed by atoms with Crippen molar-refractivity contribution in [2.45, 2.75) is 45.0 Å². The summed E-state index contributed by atoms with van der Waals surface area (Å²) in [7, 11) is 0. The third kappa shape index (κ3) is 3.53. The first kappa shape index (κ1) is 16.5. The molecule has 1 aromatic carbocycles. The highest BCUT2D eigenvalue weighted by Crippen LogP contribution is 2.42. The molecule has 2 nitrogen and oxygen atoms in total. The molecular weight excluding hydrogens is 278 g/mol. The van der Waals surface area contributed by atoms with Crippen molar-refractivity contribution < 1.29 is 4.79 Å². The zero-order valence-corrected chi connectivity index (χ0v) is 13.6. The molecule has 0 aliphatic carbocycles. The van der Waals surface area contributed by atoms with Gasteiger partial charge < -0.3 is 0 Å². The summed E-state index contributed by atoms with van der Waals surface area (Å²) < 4.78 is 0. The second-order valence-electron chi connectivity index (χ2n) is 5.37. The van der Waals surface area contributed by atoms with Gasteiger partial charge in [-0.25, -0.2) is 0 Å². The fourth-order valence-electron chi connectivity index (χ4n) is 2.56. The maximum Gasteiger partial charge on any atom is 0.220 e. The number of carbonyl (C=O) groups is 1. The van der Waals surface area contributed by atoms with Crippen LogP contribution in [0.1, 0.15) is 48.9 Å². The maximum absolute atomic E-state index is 11.9. The Bertz CT molecular complexity index is 440. The highest BCUT2D eigenvalue weighted by atomic mass is 35.5. The molecule has 0 bridgehead atoms. The van der Waals surface area contributed by atoms with Gasteiger partial charge in [0.2, 0.25) is 5.12 Å². The molecule has 1 atom stereocenters. The lowest BCUT2D eigenvalue weighted by atomic mass is 10.0. The van der Waals surface area contributed by atoms with Gasteiger partial charge in [0.05, 0.1) is 5.25 Å². The first-order valence-electron chi connectivity index (χ1n) is 6.56. The molecule has 1 heterocycles. The van der Waals surface area contributed by atoms with E-state index in [0.717, 1.165) is 12.1 Å². The molecule has 2 rings (SSSR count). The number of hydrogen-bond acceptors (Lipinski definition) is 3. The normalized spacial score (nSPS) is 18.1. The van der Waals surface area contributed by atoms with Crippen molar-refractivity contribution in [2.75, 3.05) is 6.54 Å². The molecule has 0 fully saturated rings. The SMILES string of the molecule is CC(C)N(CC1SC(=O)c2ccccc21)C(C)C.Cl. The Balaban J connectivity index is 0.00000180. The second kappa shape index (κ2) is 6.78. The molecule has 1 aromatic rings. The zero-order valence-electron chi connectivity index (χ0n) is 11.9. The van der Waals surface area contributed by atoms with E-state index >= 15 is 0 Å². The topological polar surface area (TPSA) is 20.3 Å². The molecule has 0 saturated heterocycles. The van der Waals surface area contributed by atoms with Crippen molar-refractivity contribution in [1.82, 2.24) is 4.90 Å². The van der Waals surface area contributed by atoms with Crippen LogP contribution in [0.25, 0.3) is 0 Å². The predicted molar refractivity (Wildman–Crippen MR) is 85.3 cm³/mol. The summed E-state index contributed by atoms with van der Waals surface area (Å²) in [6.45, 7) is 9.81. The van der Waals surface area contributed by atoms with Crippen molar-refractivity contribution in [3.63, 3.8) is 0 Å². The van der Waals surface area contributed by atoms with Gasteiger partial charge in [-0.2, -0.15) is 0 Å². The Kier molecular flexibility index (Phi) is 5.90. The third-order valence-electron chi connectivity index (χ3n) is 3.48. The van der Waals surface area contributed by atoms with E-state index in [1.165, 1.54) is 17.3 Å².